The van der Waals surface area contributed by atoms with Crippen molar-refractivity contribution in [2.24, 2.45) is 5.92 Å². The molecule has 1 fully saturated rings. The highest BCUT2D eigenvalue weighted by Gasteiger charge is 2.27. The van der Waals surface area contributed by atoms with Gasteiger partial charge in [-0.25, -0.2) is 9.97 Å². The van der Waals surface area contributed by atoms with E-state index in [-0.39, 0.29) is 17.9 Å². The van der Waals surface area contributed by atoms with Crippen LogP contribution in [0, 0.1) is 5.92 Å². The molecule has 1 amide bonds. The summed E-state index contributed by atoms with van der Waals surface area (Å²) >= 11 is 1.63. The van der Waals surface area contributed by atoms with E-state index in [4.69, 9.17) is 4.98 Å². The molecule has 1 saturated heterocycles. The second kappa shape index (κ2) is 10.2. The second-order valence-electron chi connectivity index (χ2n) is 8.38. The first-order valence-electron chi connectivity index (χ1n) is 11.1. The number of amides is 1. The van der Waals surface area contributed by atoms with Crippen molar-refractivity contribution in [2.75, 3.05) is 31.6 Å². The molecule has 164 valence electrons. The zero-order valence-electron chi connectivity index (χ0n) is 18.3. The van der Waals surface area contributed by atoms with Crippen molar-refractivity contribution >= 4 is 32.7 Å². The van der Waals surface area contributed by atoms with Gasteiger partial charge in [-0.3, -0.25) is 4.79 Å². The van der Waals surface area contributed by atoms with Crippen LogP contribution in [0.5, 0.6) is 0 Å². The van der Waals surface area contributed by atoms with E-state index in [2.05, 4.69) is 58.3 Å². The summed E-state index contributed by atoms with van der Waals surface area (Å²) < 4.78 is 0. The van der Waals surface area contributed by atoms with Crippen LogP contribution in [0.1, 0.15) is 31.7 Å². The van der Waals surface area contributed by atoms with Crippen molar-refractivity contribution in [1.82, 2.24) is 20.2 Å². The molecule has 0 bridgehead atoms. The summed E-state index contributed by atoms with van der Waals surface area (Å²) in [5.41, 5.74) is 2.25. The molecule has 1 N–H and O–H groups in total. The van der Waals surface area contributed by atoms with Gasteiger partial charge in [0.25, 0.3) is 0 Å². The monoisotopic (exact) mass is 437 g/mol. The third-order valence-electron chi connectivity index (χ3n) is 5.96. The number of hydrogen-bond acceptors (Lipinski definition) is 6. The molecule has 7 heteroatoms. The highest BCUT2D eigenvalue weighted by atomic mass is 32.1. The maximum absolute atomic E-state index is 12.9. The molecule has 31 heavy (non-hydrogen) atoms. The van der Waals surface area contributed by atoms with E-state index in [1.54, 1.807) is 11.3 Å². The Labute approximate surface area is 188 Å². The Bertz CT molecular complexity index is 951. The minimum absolute atomic E-state index is 0.0808. The van der Waals surface area contributed by atoms with Crippen molar-refractivity contribution in [1.29, 1.82) is 0 Å². The van der Waals surface area contributed by atoms with Gasteiger partial charge in [0.15, 0.2) is 5.13 Å². The van der Waals surface area contributed by atoms with Gasteiger partial charge in [-0.2, -0.15) is 0 Å². The van der Waals surface area contributed by atoms with Crippen molar-refractivity contribution in [3.63, 3.8) is 0 Å². The topological polar surface area (TPSA) is 61.4 Å². The largest absolute Gasteiger partial charge is 0.352 e. The minimum Gasteiger partial charge on any atom is -0.352 e. The number of carbonyl (C=O) groups excluding carboxylic acids is 1. The van der Waals surface area contributed by atoms with Crippen molar-refractivity contribution < 1.29 is 4.79 Å². The third kappa shape index (κ3) is 5.60. The molecule has 1 atom stereocenters. The number of pyridine rings is 1. The van der Waals surface area contributed by atoms with Crippen LogP contribution in [0.25, 0.3) is 10.3 Å². The number of likely N-dealkylation sites (N-methyl/N-ethyl adjacent to an activating group) is 1. The maximum atomic E-state index is 12.9. The van der Waals surface area contributed by atoms with E-state index in [1.807, 2.05) is 24.4 Å². The van der Waals surface area contributed by atoms with Gasteiger partial charge in [0, 0.05) is 44.3 Å². The highest BCUT2D eigenvalue weighted by molar-refractivity contribution is 7.21. The molecule has 6 nitrogen and oxygen atoms in total. The van der Waals surface area contributed by atoms with Crippen LogP contribution in [0.4, 0.5) is 5.13 Å². The van der Waals surface area contributed by atoms with Gasteiger partial charge in [0.05, 0.1) is 0 Å². The number of thiazole rings is 1. The van der Waals surface area contributed by atoms with Gasteiger partial charge >= 0.3 is 0 Å². The van der Waals surface area contributed by atoms with Crippen molar-refractivity contribution in [3.05, 3.63) is 54.2 Å². The highest BCUT2D eigenvalue weighted by Crippen LogP contribution is 2.30. The number of nitrogens with zero attached hydrogens (tertiary/aromatic N) is 4. The van der Waals surface area contributed by atoms with Crippen molar-refractivity contribution in [3.8, 4) is 0 Å². The van der Waals surface area contributed by atoms with E-state index in [9.17, 15) is 4.79 Å². The van der Waals surface area contributed by atoms with E-state index in [1.165, 1.54) is 5.56 Å². The number of benzene rings is 1. The predicted molar refractivity (Wildman–Crippen MR) is 127 cm³/mol. The first kappa shape index (κ1) is 21.7. The molecular formula is C24H31N5OS. The normalized spacial score (nSPS) is 16.0. The summed E-state index contributed by atoms with van der Waals surface area (Å²) in [6, 6.07) is 14.6. The van der Waals surface area contributed by atoms with Crippen molar-refractivity contribution in [2.45, 2.75) is 38.8 Å². The van der Waals surface area contributed by atoms with Crippen LogP contribution in [0.2, 0.25) is 0 Å². The van der Waals surface area contributed by atoms with E-state index >= 15 is 0 Å². The molecule has 4 rings (SSSR count). The molecule has 0 unspecified atom stereocenters. The Hall–Kier alpha value is -2.51. The molecule has 2 aromatic heterocycles. The van der Waals surface area contributed by atoms with E-state index < -0.39 is 0 Å². The van der Waals surface area contributed by atoms with Gasteiger partial charge in [-0.1, -0.05) is 48.6 Å². The Morgan fingerprint density at radius 2 is 2.00 bits per heavy atom. The molecule has 0 saturated carbocycles. The fourth-order valence-corrected chi connectivity index (χ4v) is 5.12. The first-order chi connectivity index (χ1) is 15.1. The fraction of sp³-hybridized carbons (Fsp3) is 0.458. The molecule has 3 heterocycles. The van der Waals surface area contributed by atoms with E-state index in [0.717, 1.165) is 60.9 Å². The SMILES string of the molecule is CC[C@@H](CN(C)Cc1ccccc1)NC(=O)C1CCN(c2nc3cccnc3s2)CC1. The summed E-state index contributed by atoms with van der Waals surface area (Å²) in [7, 11) is 2.12. The Kier molecular flexibility index (Phi) is 7.14. The number of hydrogen-bond donors (Lipinski definition) is 1. The van der Waals surface area contributed by atoms with Crippen LogP contribution < -0.4 is 10.2 Å². The lowest BCUT2D eigenvalue weighted by Crippen LogP contribution is -2.47. The van der Waals surface area contributed by atoms with Crippen LogP contribution >= 0.6 is 11.3 Å². The third-order valence-corrected chi connectivity index (χ3v) is 7.00. The quantitative estimate of drug-likeness (QED) is 0.578. The lowest BCUT2D eigenvalue weighted by atomic mass is 9.95. The summed E-state index contributed by atoms with van der Waals surface area (Å²) in [6.07, 6.45) is 4.47. The van der Waals surface area contributed by atoms with Gasteiger partial charge in [-0.15, -0.1) is 0 Å². The van der Waals surface area contributed by atoms with Gasteiger partial charge in [-0.05, 0) is 44.0 Å². The Morgan fingerprint density at radius 1 is 1.23 bits per heavy atom. The average molecular weight is 438 g/mol. The number of piperidine rings is 1. The molecule has 1 aromatic carbocycles. The zero-order valence-corrected chi connectivity index (χ0v) is 19.1. The molecule has 1 aliphatic heterocycles. The van der Waals surface area contributed by atoms with Gasteiger partial charge in [0.2, 0.25) is 5.91 Å². The number of aromatic nitrogens is 2. The maximum Gasteiger partial charge on any atom is 0.223 e. The van der Waals surface area contributed by atoms with Crippen LogP contribution in [-0.4, -0.2) is 53.5 Å². The average Bonchev–Trinajstić information content (AvgIpc) is 3.23. The van der Waals surface area contributed by atoms with Crippen LogP contribution in [0.15, 0.2) is 48.7 Å². The smallest absolute Gasteiger partial charge is 0.223 e. The molecular weight excluding hydrogens is 406 g/mol. The summed E-state index contributed by atoms with van der Waals surface area (Å²) in [5.74, 6) is 0.280. The van der Waals surface area contributed by atoms with Crippen LogP contribution in [-0.2, 0) is 11.3 Å². The fourth-order valence-electron chi connectivity index (χ4n) is 4.16. The number of carbonyl (C=O) groups is 1. The Balaban J connectivity index is 1.26. The minimum atomic E-state index is 0.0808. The van der Waals surface area contributed by atoms with E-state index in [0.29, 0.717) is 0 Å². The molecule has 1 aliphatic rings. The molecule has 0 radical (unpaired) electrons. The second-order valence-corrected chi connectivity index (χ2v) is 9.34. The lowest BCUT2D eigenvalue weighted by molar-refractivity contribution is -0.126. The number of nitrogens with one attached hydrogen (secondary N) is 1. The zero-order chi connectivity index (χ0) is 21.6. The lowest BCUT2D eigenvalue weighted by Gasteiger charge is -2.32. The Morgan fingerprint density at radius 3 is 2.71 bits per heavy atom. The predicted octanol–water partition coefficient (Wildman–Crippen LogP) is 3.93. The number of anilines is 1. The molecule has 0 aliphatic carbocycles. The van der Waals surface area contributed by atoms with Gasteiger partial charge < -0.3 is 15.1 Å². The standard InChI is InChI=1S/C24H31N5OS/c1-3-20(17-28(2)16-18-8-5-4-6-9-18)26-22(30)19-11-14-29(15-12-19)24-27-21-10-7-13-25-23(21)31-24/h4-10,13,19-20H,3,11-12,14-17H2,1-2H3,(H,26,30)/t20-/m0/s1. The summed E-state index contributed by atoms with van der Waals surface area (Å²) in [5, 5.41) is 4.32. The van der Waals surface area contributed by atoms with Crippen LogP contribution in [0.3, 0.4) is 0 Å². The number of fused-ring (bicyclic) bond motifs is 1. The summed E-state index contributed by atoms with van der Waals surface area (Å²) in [4.78, 5) is 27.6. The first-order valence-corrected chi connectivity index (χ1v) is 11.9. The summed E-state index contributed by atoms with van der Waals surface area (Å²) in [6.45, 7) is 5.62. The molecule has 0 spiro atoms. The van der Waals surface area contributed by atoms with Gasteiger partial charge in [0.1, 0.15) is 10.3 Å². The number of rotatable bonds is 8. The molecule has 3 aromatic rings.